The summed E-state index contributed by atoms with van der Waals surface area (Å²) in [5.41, 5.74) is 0. The van der Waals surface area contributed by atoms with Gasteiger partial charge >= 0.3 is 11.9 Å². The molecule has 0 aliphatic heterocycles. The van der Waals surface area contributed by atoms with Crippen LogP contribution in [0.1, 0.15) is 233 Å². The zero-order valence-electron chi connectivity index (χ0n) is 38.8. The van der Waals surface area contributed by atoms with Crippen molar-refractivity contribution in [1.29, 1.82) is 0 Å². The van der Waals surface area contributed by atoms with Gasteiger partial charge in [0.05, 0.1) is 11.5 Å². The summed E-state index contributed by atoms with van der Waals surface area (Å²) in [4.78, 5) is 39.8. The first-order chi connectivity index (χ1) is 28.2. The second kappa shape index (κ2) is 42.8. The van der Waals surface area contributed by atoms with Crippen LogP contribution in [0.4, 0.5) is 0 Å². The summed E-state index contributed by atoms with van der Waals surface area (Å²) < 4.78 is 11.5. The molecule has 0 saturated heterocycles. The van der Waals surface area contributed by atoms with E-state index in [1.807, 2.05) is 14.1 Å². The molecule has 0 fully saturated rings. The molecule has 1 unspecified atom stereocenters. The Hall–Kier alpha value is -2.36. The minimum absolute atomic E-state index is 0.00598. The number of carbonyl (C=O) groups is 2. The molecule has 0 rings (SSSR count). The Bertz CT molecular complexity index is 978. The van der Waals surface area contributed by atoms with E-state index in [4.69, 9.17) is 9.47 Å². The molecule has 0 amide bonds. The average Bonchev–Trinajstić information content (AvgIpc) is 3.19. The van der Waals surface area contributed by atoms with E-state index >= 15 is 0 Å². The molecule has 10 heteroatoms. The summed E-state index contributed by atoms with van der Waals surface area (Å²) in [6.45, 7) is 11.0. The molecule has 0 aromatic carbocycles. The van der Waals surface area contributed by atoms with Crippen LogP contribution in [0.25, 0.3) is 0 Å². The van der Waals surface area contributed by atoms with Crippen LogP contribution < -0.4 is 5.32 Å². The number of hydrogen-bond donors (Lipinski definition) is 1. The second-order valence-corrected chi connectivity index (χ2v) is 17.1. The number of rotatable bonds is 45. The number of esters is 2. The van der Waals surface area contributed by atoms with Crippen LogP contribution >= 0.6 is 0 Å². The third-order valence-corrected chi connectivity index (χ3v) is 11.2. The molecule has 10 nitrogen and oxygen atoms in total. The average molecular weight is 823 g/mol. The topological polar surface area (TPSA) is 114 Å². The minimum atomic E-state index is -0.414. The first-order valence-electron chi connectivity index (χ1n) is 24.6. The van der Waals surface area contributed by atoms with E-state index in [1.165, 1.54) is 89.9 Å². The van der Waals surface area contributed by atoms with Gasteiger partial charge in [0.15, 0.2) is 5.82 Å². The molecular weight excluding hydrogens is 729 g/mol. The van der Waals surface area contributed by atoms with Gasteiger partial charge in [-0.2, -0.15) is 0 Å². The second-order valence-electron chi connectivity index (χ2n) is 17.1. The van der Waals surface area contributed by atoms with Crippen molar-refractivity contribution < 1.29 is 24.0 Å². The highest BCUT2D eigenvalue weighted by atomic mass is 16.6. The Labute approximate surface area is 357 Å². The molecule has 0 saturated carbocycles. The molecule has 1 atom stereocenters. The van der Waals surface area contributed by atoms with Gasteiger partial charge in [0, 0.05) is 33.5 Å². The molecule has 342 valence electrons. The van der Waals surface area contributed by atoms with Crippen LogP contribution in [0, 0.1) is 10.1 Å². The zero-order chi connectivity index (χ0) is 42.7. The van der Waals surface area contributed by atoms with Gasteiger partial charge in [-0.1, -0.05) is 156 Å². The van der Waals surface area contributed by atoms with Crippen molar-refractivity contribution in [2.45, 2.75) is 239 Å². The maximum Gasteiger partial charge on any atom is 0.306 e. The molecule has 0 aliphatic rings. The van der Waals surface area contributed by atoms with Gasteiger partial charge in [-0.3, -0.25) is 19.7 Å². The van der Waals surface area contributed by atoms with Gasteiger partial charge in [0.2, 0.25) is 0 Å². The third-order valence-electron chi connectivity index (χ3n) is 11.2. The molecule has 58 heavy (non-hydrogen) atoms. The van der Waals surface area contributed by atoms with Gasteiger partial charge in [-0.15, -0.1) is 0 Å². The van der Waals surface area contributed by atoms with Crippen molar-refractivity contribution in [1.82, 2.24) is 15.1 Å². The fraction of sp³-hybridized carbons (Fsp3) is 0.917. The Morgan fingerprint density at radius 1 is 0.569 bits per heavy atom. The molecule has 0 aromatic rings. The fourth-order valence-electron chi connectivity index (χ4n) is 7.50. The van der Waals surface area contributed by atoms with Gasteiger partial charge in [0.25, 0.3) is 6.20 Å². The van der Waals surface area contributed by atoms with E-state index < -0.39 is 4.92 Å². The number of nitro groups is 1. The number of carbonyl (C=O) groups excluding carboxylic acids is 2. The lowest BCUT2D eigenvalue weighted by Gasteiger charge is -2.23. The van der Waals surface area contributed by atoms with Crippen LogP contribution in [0.3, 0.4) is 0 Å². The number of nitrogens with one attached hydrogen (secondary N) is 1. The molecule has 0 radical (unpaired) electrons. The fourth-order valence-corrected chi connectivity index (χ4v) is 7.50. The highest BCUT2D eigenvalue weighted by Crippen LogP contribution is 2.18. The third kappa shape index (κ3) is 39.1. The Morgan fingerprint density at radius 3 is 1.47 bits per heavy atom. The predicted octanol–water partition coefficient (Wildman–Crippen LogP) is 12.9. The van der Waals surface area contributed by atoms with E-state index in [0.29, 0.717) is 31.8 Å². The largest absolute Gasteiger partial charge is 0.466 e. The minimum Gasteiger partial charge on any atom is -0.466 e. The van der Waals surface area contributed by atoms with E-state index in [2.05, 4.69) is 31.0 Å². The van der Waals surface area contributed by atoms with Crippen molar-refractivity contribution in [3.63, 3.8) is 0 Å². The summed E-state index contributed by atoms with van der Waals surface area (Å²) in [7, 11) is 3.62. The first-order valence-corrected chi connectivity index (χ1v) is 24.6. The maximum absolute atomic E-state index is 12.8. The lowest BCUT2D eigenvalue weighted by molar-refractivity contribution is -0.404. The quantitative estimate of drug-likeness (QED) is 0.0277. The summed E-state index contributed by atoms with van der Waals surface area (Å²) in [6.07, 6.45) is 38.2. The standard InChI is InChI=1S/C48H94N4O6/c1-6-9-12-15-17-26-33-43-57-47(53)37-29-22-18-24-31-40-51(42-34-39-49-46(50(4)5)44-52(55)56)41-32-25-19-23-30-38-48(54)58-45(35-27-20-14-11-8-3)36-28-21-16-13-10-7-2/h44-45,49H,6-43H2,1-5H3/b46-44-. The molecule has 0 bridgehead atoms. The van der Waals surface area contributed by atoms with Crippen LogP contribution in [-0.4, -0.2) is 79.6 Å². The van der Waals surface area contributed by atoms with Gasteiger partial charge in [-0.05, 0) is 83.8 Å². The predicted molar refractivity (Wildman–Crippen MR) is 243 cm³/mol. The smallest absolute Gasteiger partial charge is 0.306 e. The molecule has 1 N–H and O–H groups in total. The van der Waals surface area contributed by atoms with Crippen molar-refractivity contribution in [2.24, 2.45) is 0 Å². The Morgan fingerprint density at radius 2 is 0.983 bits per heavy atom. The summed E-state index contributed by atoms with van der Waals surface area (Å²) in [5, 5.41) is 14.2. The first kappa shape index (κ1) is 55.6. The van der Waals surface area contributed by atoms with Crippen LogP contribution in [0.5, 0.6) is 0 Å². The summed E-state index contributed by atoms with van der Waals surface area (Å²) in [6, 6.07) is 0. The SMILES string of the molecule is CCCCCCCCCOC(=O)CCCCCCCN(CCCCCCCC(=O)OC(CCCCCCC)CCCCCCCC)CCCN/C(=C/[N+](=O)[O-])N(C)C. The van der Waals surface area contributed by atoms with E-state index in [1.54, 1.807) is 4.90 Å². The lowest BCUT2D eigenvalue weighted by Crippen LogP contribution is -2.32. The van der Waals surface area contributed by atoms with Crippen molar-refractivity contribution in [3.8, 4) is 0 Å². The van der Waals surface area contributed by atoms with Gasteiger partial charge in [0.1, 0.15) is 6.10 Å². The molecular formula is C48H94N4O6. The van der Waals surface area contributed by atoms with E-state index in [9.17, 15) is 19.7 Å². The maximum atomic E-state index is 12.8. The van der Waals surface area contributed by atoms with Crippen LogP contribution in [0.15, 0.2) is 12.0 Å². The van der Waals surface area contributed by atoms with Crippen molar-refractivity contribution in [3.05, 3.63) is 22.1 Å². The number of hydrogen-bond acceptors (Lipinski definition) is 9. The lowest BCUT2D eigenvalue weighted by atomic mass is 10.0. The highest BCUT2D eigenvalue weighted by Gasteiger charge is 2.15. The number of ether oxygens (including phenoxy) is 2. The molecule has 0 heterocycles. The van der Waals surface area contributed by atoms with E-state index in [0.717, 1.165) is 135 Å². The van der Waals surface area contributed by atoms with Crippen LogP contribution in [-0.2, 0) is 19.1 Å². The molecule has 0 aromatic heterocycles. The normalized spacial score (nSPS) is 12.2. The monoisotopic (exact) mass is 823 g/mol. The summed E-state index contributed by atoms with van der Waals surface area (Å²) >= 11 is 0. The highest BCUT2D eigenvalue weighted by molar-refractivity contribution is 5.69. The van der Waals surface area contributed by atoms with Gasteiger partial charge < -0.3 is 24.6 Å². The van der Waals surface area contributed by atoms with Crippen LogP contribution in [0.2, 0.25) is 0 Å². The molecule has 0 aliphatic carbocycles. The summed E-state index contributed by atoms with van der Waals surface area (Å²) in [5.74, 6) is 0.457. The Kier molecular flexibility index (Phi) is 41.0. The number of nitrogens with zero attached hydrogens (tertiary/aromatic N) is 3. The van der Waals surface area contributed by atoms with E-state index in [-0.39, 0.29) is 18.0 Å². The van der Waals surface area contributed by atoms with Crippen molar-refractivity contribution in [2.75, 3.05) is 46.9 Å². The number of unbranched alkanes of at least 4 members (excludes halogenated alkanes) is 23. The molecule has 0 spiro atoms. The zero-order valence-corrected chi connectivity index (χ0v) is 38.8. The Balaban J connectivity index is 4.53. The van der Waals surface area contributed by atoms with Gasteiger partial charge in [-0.25, -0.2) is 0 Å². The van der Waals surface area contributed by atoms with Crippen molar-refractivity contribution >= 4 is 11.9 Å².